The minimum atomic E-state index is 0. The van der Waals surface area contributed by atoms with Crippen LogP contribution in [-0.2, 0) is 4.79 Å². The fraction of sp³-hybridized carbons (Fsp3) is 0.833. The van der Waals surface area contributed by atoms with Crippen molar-refractivity contribution in [1.82, 2.24) is 0 Å². The highest BCUT2D eigenvalue weighted by atomic mass is 35.5. The maximum atomic E-state index is 10.4. The van der Waals surface area contributed by atoms with Gasteiger partial charge < -0.3 is 10.5 Å². The van der Waals surface area contributed by atoms with Crippen LogP contribution in [0, 0.1) is 5.92 Å². The lowest BCUT2D eigenvalue weighted by Gasteiger charge is -2.02. The monoisotopic (exact) mass is 151 g/mol. The van der Waals surface area contributed by atoms with Crippen molar-refractivity contribution >= 4 is 18.2 Å². The molecule has 0 bridgehead atoms. The third-order valence-electron chi connectivity index (χ3n) is 1.04. The van der Waals surface area contributed by atoms with E-state index in [-0.39, 0.29) is 18.2 Å². The van der Waals surface area contributed by atoms with Gasteiger partial charge in [-0.25, -0.2) is 0 Å². The summed E-state index contributed by atoms with van der Waals surface area (Å²) in [5, 5.41) is 0. The summed E-state index contributed by atoms with van der Waals surface area (Å²) >= 11 is 0. The Morgan fingerprint density at radius 2 is 2.11 bits per heavy atom. The van der Waals surface area contributed by atoms with Crippen molar-refractivity contribution in [3.8, 4) is 0 Å². The zero-order valence-corrected chi connectivity index (χ0v) is 6.70. The summed E-state index contributed by atoms with van der Waals surface area (Å²) in [4.78, 5) is 10.4. The maximum Gasteiger partial charge on any atom is 0.130 e. The SMILES string of the molecule is CC(=O)CC(C)CN.Cl. The topological polar surface area (TPSA) is 43.1 Å². The highest BCUT2D eigenvalue weighted by Gasteiger charge is 2.00. The molecule has 0 aliphatic carbocycles. The largest absolute Gasteiger partial charge is 0.330 e. The van der Waals surface area contributed by atoms with Gasteiger partial charge in [-0.05, 0) is 19.4 Å². The normalized spacial score (nSPS) is 11.9. The molecule has 0 aliphatic heterocycles. The Kier molecular flexibility index (Phi) is 7.85. The van der Waals surface area contributed by atoms with Gasteiger partial charge in [-0.1, -0.05) is 6.92 Å². The first-order valence-electron chi connectivity index (χ1n) is 2.86. The van der Waals surface area contributed by atoms with Crippen LogP contribution in [0.4, 0.5) is 0 Å². The average molecular weight is 152 g/mol. The molecule has 0 aromatic heterocycles. The Balaban J connectivity index is 0. The Hall–Kier alpha value is -0.0800. The molecular formula is C6H14ClNO. The number of nitrogens with two attached hydrogens (primary N) is 1. The van der Waals surface area contributed by atoms with Crippen molar-refractivity contribution in [3.05, 3.63) is 0 Å². The van der Waals surface area contributed by atoms with Crippen LogP contribution in [0.1, 0.15) is 20.3 Å². The third-order valence-corrected chi connectivity index (χ3v) is 1.04. The van der Waals surface area contributed by atoms with Crippen LogP contribution < -0.4 is 5.73 Å². The molecule has 9 heavy (non-hydrogen) atoms. The van der Waals surface area contributed by atoms with E-state index in [0.717, 1.165) is 0 Å². The average Bonchev–Trinajstić information content (AvgIpc) is 1.65. The van der Waals surface area contributed by atoms with Gasteiger partial charge >= 0.3 is 0 Å². The predicted octanol–water partition coefficient (Wildman–Crippen LogP) is 0.982. The van der Waals surface area contributed by atoms with Crippen LogP contribution in [0.3, 0.4) is 0 Å². The summed E-state index contributed by atoms with van der Waals surface area (Å²) < 4.78 is 0. The molecule has 0 aromatic rings. The number of hydrogen-bond acceptors (Lipinski definition) is 2. The van der Waals surface area contributed by atoms with Crippen molar-refractivity contribution in [1.29, 1.82) is 0 Å². The minimum Gasteiger partial charge on any atom is -0.330 e. The van der Waals surface area contributed by atoms with E-state index in [2.05, 4.69) is 0 Å². The van der Waals surface area contributed by atoms with Crippen LogP contribution in [0.15, 0.2) is 0 Å². The van der Waals surface area contributed by atoms with Gasteiger partial charge in [0, 0.05) is 6.42 Å². The summed E-state index contributed by atoms with van der Waals surface area (Å²) in [6.07, 6.45) is 0.622. The molecule has 0 amide bonds. The molecule has 56 valence electrons. The fourth-order valence-electron chi connectivity index (χ4n) is 0.574. The molecule has 0 rings (SSSR count). The second-order valence-electron chi connectivity index (χ2n) is 2.25. The van der Waals surface area contributed by atoms with Gasteiger partial charge in [0.25, 0.3) is 0 Å². The second kappa shape index (κ2) is 6.05. The lowest BCUT2D eigenvalue weighted by Crippen LogP contribution is -2.13. The first-order chi connectivity index (χ1) is 3.66. The number of hydrogen-bond donors (Lipinski definition) is 1. The van der Waals surface area contributed by atoms with E-state index in [4.69, 9.17) is 5.73 Å². The molecule has 0 aromatic carbocycles. The van der Waals surface area contributed by atoms with E-state index in [1.165, 1.54) is 0 Å². The standard InChI is InChI=1S/C6H13NO.ClH/c1-5(4-7)3-6(2)8;/h5H,3-4,7H2,1-2H3;1H. The Labute approximate surface area is 62.2 Å². The highest BCUT2D eigenvalue weighted by Crippen LogP contribution is 1.97. The zero-order valence-electron chi connectivity index (χ0n) is 5.89. The minimum absolute atomic E-state index is 0. The Bertz CT molecular complexity index is 85.1. The molecule has 0 fully saturated rings. The molecule has 3 heteroatoms. The van der Waals surface area contributed by atoms with Gasteiger partial charge in [0.1, 0.15) is 5.78 Å². The van der Waals surface area contributed by atoms with Crippen LogP contribution in [0.2, 0.25) is 0 Å². The summed E-state index contributed by atoms with van der Waals surface area (Å²) in [5.41, 5.74) is 5.27. The van der Waals surface area contributed by atoms with Gasteiger partial charge in [-0.3, -0.25) is 0 Å². The first-order valence-corrected chi connectivity index (χ1v) is 2.86. The molecule has 0 heterocycles. The van der Waals surface area contributed by atoms with E-state index in [0.29, 0.717) is 18.9 Å². The van der Waals surface area contributed by atoms with Gasteiger partial charge in [0.2, 0.25) is 0 Å². The number of carbonyl (C=O) groups is 1. The van der Waals surface area contributed by atoms with Gasteiger partial charge in [0.15, 0.2) is 0 Å². The molecule has 2 N–H and O–H groups in total. The van der Waals surface area contributed by atoms with Crippen molar-refractivity contribution < 1.29 is 4.79 Å². The molecule has 1 atom stereocenters. The number of halogens is 1. The van der Waals surface area contributed by atoms with E-state index in [9.17, 15) is 4.79 Å². The summed E-state index contributed by atoms with van der Waals surface area (Å²) in [7, 11) is 0. The van der Waals surface area contributed by atoms with Crippen molar-refractivity contribution in [3.63, 3.8) is 0 Å². The quantitative estimate of drug-likeness (QED) is 0.654. The van der Waals surface area contributed by atoms with E-state index in [1.54, 1.807) is 6.92 Å². The van der Waals surface area contributed by atoms with Crippen LogP contribution in [-0.4, -0.2) is 12.3 Å². The molecule has 0 aliphatic rings. The number of Topliss-reactive ketones (excluding diaryl/α,β-unsaturated/α-hetero) is 1. The number of rotatable bonds is 3. The van der Waals surface area contributed by atoms with Gasteiger partial charge in [0.05, 0.1) is 0 Å². The summed E-state index contributed by atoms with van der Waals surface area (Å²) in [6.45, 7) is 4.17. The molecular weight excluding hydrogens is 138 g/mol. The zero-order chi connectivity index (χ0) is 6.57. The van der Waals surface area contributed by atoms with Crippen LogP contribution >= 0.6 is 12.4 Å². The molecule has 0 radical (unpaired) electrons. The van der Waals surface area contributed by atoms with E-state index < -0.39 is 0 Å². The van der Waals surface area contributed by atoms with Gasteiger partial charge in [-0.2, -0.15) is 0 Å². The highest BCUT2D eigenvalue weighted by molar-refractivity contribution is 5.85. The van der Waals surface area contributed by atoms with Crippen molar-refractivity contribution in [2.75, 3.05) is 6.54 Å². The van der Waals surface area contributed by atoms with Crippen molar-refractivity contribution in [2.45, 2.75) is 20.3 Å². The smallest absolute Gasteiger partial charge is 0.130 e. The van der Waals surface area contributed by atoms with Crippen LogP contribution in [0.25, 0.3) is 0 Å². The Morgan fingerprint density at radius 1 is 1.67 bits per heavy atom. The number of ketones is 1. The lowest BCUT2D eigenvalue weighted by molar-refractivity contribution is -0.117. The van der Waals surface area contributed by atoms with Gasteiger partial charge in [-0.15, -0.1) is 12.4 Å². The fourth-order valence-corrected chi connectivity index (χ4v) is 0.574. The second-order valence-corrected chi connectivity index (χ2v) is 2.25. The molecule has 0 spiro atoms. The molecule has 1 unspecified atom stereocenters. The number of carbonyl (C=O) groups excluding carboxylic acids is 1. The maximum absolute atomic E-state index is 10.4. The molecule has 2 nitrogen and oxygen atoms in total. The Morgan fingerprint density at radius 3 is 2.22 bits per heavy atom. The summed E-state index contributed by atoms with van der Waals surface area (Å²) in [6, 6.07) is 0. The van der Waals surface area contributed by atoms with Crippen LogP contribution in [0.5, 0.6) is 0 Å². The molecule has 0 saturated heterocycles. The molecule has 0 saturated carbocycles. The third kappa shape index (κ3) is 7.92. The van der Waals surface area contributed by atoms with E-state index in [1.807, 2.05) is 6.92 Å². The predicted molar refractivity (Wildman–Crippen MR) is 40.8 cm³/mol. The van der Waals surface area contributed by atoms with E-state index >= 15 is 0 Å². The summed E-state index contributed by atoms with van der Waals surface area (Å²) in [5.74, 6) is 0.579. The first kappa shape index (κ1) is 11.7. The van der Waals surface area contributed by atoms with Crippen molar-refractivity contribution in [2.24, 2.45) is 11.7 Å². The lowest BCUT2D eigenvalue weighted by atomic mass is 10.1.